The first kappa shape index (κ1) is 13.0. The van der Waals surface area contributed by atoms with Crippen LogP contribution in [0, 0.1) is 17.1 Å². The molecule has 0 aromatic heterocycles. The molecule has 0 N–H and O–H groups in total. The molecule has 2 nitrogen and oxygen atoms in total. The minimum Gasteiger partial charge on any atom is -0.284 e. The van der Waals surface area contributed by atoms with Crippen LogP contribution in [0.4, 0.5) is 4.39 Å². The lowest BCUT2D eigenvalue weighted by Crippen LogP contribution is -2.31. The molecule has 0 aliphatic rings. The van der Waals surface area contributed by atoms with Gasteiger partial charge in [0.2, 0.25) is 0 Å². The summed E-state index contributed by atoms with van der Waals surface area (Å²) in [5, 5.41) is 8.80. The molecule has 86 valence electrons. The van der Waals surface area contributed by atoms with Crippen LogP contribution < -0.4 is 0 Å². The highest BCUT2D eigenvalue weighted by atomic mass is 35.5. The summed E-state index contributed by atoms with van der Waals surface area (Å²) in [5.41, 5.74) is 0.524. The molecule has 0 aliphatic heterocycles. The largest absolute Gasteiger partial charge is 0.284 e. The van der Waals surface area contributed by atoms with E-state index in [0.717, 1.165) is 0 Å². The Bertz CT molecular complexity index is 398. The van der Waals surface area contributed by atoms with Crippen molar-refractivity contribution < 1.29 is 4.39 Å². The molecule has 0 aliphatic carbocycles. The van der Waals surface area contributed by atoms with Crippen molar-refractivity contribution in [1.82, 2.24) is 4.90 Å². The number of rotatable bonds is 4. The SMILES string of the molecule is CC(C)N(CC#N)Cc1cccc(Cl)c1F. The van der Waals surface area contributed by atoms with Gasteiger partial charge in [-0.1, -0.05) is 23.7 Å². The number of halogens is 2. The van der Waals surface area contributed by atoms with E-state index >= 15 is 0 Å². The first-order chi connectivity index (χ1) is 7.56. The van der Waals surface area contributed by atoms with E-state index < -0.39 is 5.82 Å². The van der Waals surface area contributed by atoms with Gasteiger partial charge in [-0.05, 0) is 19.9 Å². The van der Waals surface area contributed by atoms with Gasteiger partial charge in [-0.25, -0.2) is 4.39 Å². The van der Waals surface area contributed by atoms with Gasteiger partial charge in [0.25, 0.3) is 0 Å². The molecule has 1 aromatic carbocycles. The van der Waals surface area contributed by atoms with Crippen molar-refractivity contribution in [3.63, 3.8) is 0 Å². The summed E-state index contributed by atoms with van der Waals surface area (Å²) in [6.07, 6.45) is 0. The van der Waals surface area contributed by atoms with Gasteiger partial charge in [0.05, 0.1) is 17.6 Å². The van der Waals surface area contributed by atoms with Crippen molar-refractivity contribution in [2.75, 3.05) is 6.54 Å². The molecule has 0 saturated heterocycles. The van der Waals surface area contributed by atoms with Crippen LogP contribution in [-0.4, -0.2) is 17.5 Å². The molecule has 1 rings (SSSR count). The van der Waals surface area contributed by atoms with Gasteiger partial charge in [0.1, 0.15) is 5.82 Å². The zero-order valence-electron chi connectivity index (χ0n) is 9.37. The van der Waals surface area contributed by atoms with E-state index in [0.29, 0.717) is 12.1 Å². The normalized spacial score (nSPS) is 10.8. The fourth-order valence-electron chi connectivity index (χ4n) is 1.40. The second-order valence-corrected chi connectivity index (χ2v) is 4.28. The monoisotopic (exact) mass is 240 g/mol. The van der Waals surface area contributed by atoms with E-state index in [1.807, 2.05) is 18.7 Å². The van der Waals surface area contributed by atoms with Gasteiger partial charge >= 0.3 is 0 Å². The predicted octanol–water partition coefficient (Wildman–Crippen LogP) is 3.21. The Morgan fingerprint density at radius 2 is 2.19 bits per heavy atom. The van der Waals surface area contributed by atoms with Gasteiger partial charge in [0, 0.05) is 18.2 Å². The minimum atomic E-state index is -0.396. The van der Waals surface area contributed by atoms with Crippen molar-refractivity contribution in [3.8, 4) is 6.07 Å². The highest BCUT2D eigenvalue weighted by molar-refractivity contribution is 6.30. The second kappa shape index (κ2) is 5.83. The van der Waals surface area contributed by atoms with Gasteiger partial charge in [-0.2, -0.15) is 5.26 Å². The number of hydrogen-bond acceptors (Lipinski definition) is 2. The summed E-state index contributed by atoms with van der Waals surface area (Å²) >= 11 is 5.70. The molecule has 0 fully saturated rings. The van der Waals surface area contributed by atoms with Crippen LogP contribution in [0.25, 0.3) is 0 Å². The van der Waals surface area contributed by atoms with E-state index in [9.17, 15) is 4.39 Å². The van der Waals surface area contributed by atoms with E-state index in [-0.39, 0.29) is 17.6 Å². The Labute approximate surface area is 100 Å². The number of nitriles is 1. The Kier molecular flexibility index (Phi) is 4.72. The van der Waals surface area contributed by atoms with Crippen molar-refractivity contribution >= 4 is 11.6 Å². The molecule has 0 atom stereocenters. The van der Waals surface area contributed by atoms with E-state index in [2.05, 4.69) is 6.07 Å². The molecule has 0 radical (unpaired) electrons. The van der Waals surface area contributed by atoms with E-state index in [4.69, 9.17) is 16.9 Å². The average molecular weight is 241 g/mol. The Morgan fingerprint density at radius 1 is 1.50 bits per heavy atom. The lowest BCUT2D eigenvalue weighted by molar-refractivity contribution is 0.237. The molecular formula is C12H14ClFN2. The van der Waals surface area contributed by atoms with Gasteiger partial charge in [-0.3, -0.25) is 4.90 Å². The summed E-state index contributed by atoms with van der Waals surface area (Å²) in [6.45, 7) is 4.63. The van der Waals surface area contributed by atoms with Crippen molar-refractivity contribution in [3.05, 3.63) is 34.6 Å². The maximum atomic E-state index is 13.6. The fraction of sp³-hybridized carbons (Fsp3) is 0.417. The second-order valence-electron chi connectivity index (χ2n) is 3.87. The van der Waals surface area contributed by atoms with Crippen LogP contribution in [0.3, 0.4) is 0 Å². The summed E-state index contributed by atoms with van der Waals surface area (Å²) < 4.78 is 13.6. The number of benzene rings is 1. The number of hydrogen-bond donors (Lipinski definition) is 0. The topological polar surface area (TPSA) is 27.0 Å². The Hall–Kier alpha value is -1.11. The molecule has 1 aromatic rings. The standard InChI is InChI=1S/C12H14ClFN2/c1-9(2)16(7-6-15)8-10-4-3-5-11(13)12(10)14/h3-5,9H,7-8H2,1-2H3. The van der Waals surface area contributed by atoms with Crippen molar-refractivity contribution in [2.24, 2.45) is 0 Å². The van der Waals surface area contributed by atoms with Crippen LogP contribution >= 0.6 is 11.6 Å². The minimum absolute atomic E-state index is 0.123. The summed E-state index contributed by atoms with van der Waals surface area (Å²) in [4.78, 5) is 1.88. The number of nitrogens with zero attached hydrogens (tertiary/aromatic N) is 2. The van der Waals surface area contributed by atoms with Gasteiger partial charge < -0.3 is 0 Å². The Balaban J connectivity index is 2.86. The predicted molar refractivity (Wildman–Crippen MR) is 62.6 cm³/mol. The quantitative estimate of drug-likeness (QED) is 0.756. The lowest BCUT2D eigenvalue weighted by atomic mass is 10.1. The van der Waals surface area contributed by atoms with Crippen LogP contribution in [0.5, 0.6) is 0 Å². The molecular weight excluding hydrogens is 227 g/mol. The van der Waals surface area contributed by atoms with Gasteiger partial charge in [0.15, 0.2) is 0 Å². The molecule has 0 spiro atoms. The Morgan fingerprint density at radius 3 is 2.75 bits per heavy atom. The van der Waals surface area contributed by atoms with Crippen molar-refractivity contribution in [1.29, 1.82) is 5.26 Å². The molecule has 0 unspecified atom stereocenters. The molecule has 0 bridgehead atoms. The molecule has 0 amide bonds. The van der Waals surface area contributed by atoms with E-state index in [1.165, 1.54) is 6.07 Å². The highest BCUT2D eigenvalue weighted by Crippen LogP contribution is 2.19. The third-order valence-electron chi connectivity index (χ3n) is 2.41. The van der Waals surface area contributed by atoms with E-state index in [1.54, 1.807) is 12.1 Å². The van der Waals surface area contributed by atoms with Crippen LogP contribution in [-0.2, 0) is 6.54 Å². The van der Waals surface area contributed by atoms with Crippen LogP contribution in [0.15, 0.2) is 18.2 Å². The fourth-order valence-corrected chi connectivity index (χ4v) is 1.60. The zero-order valence-corrected chi connectivity index (χ0v) is 10.1. The first-order valence-electron chi connectivity index (χ1n) is 5.10. The summed E-state index contributed by atoms with van der Waals surface area (Å²) in [7, 11) is 0. The summed E-state index contributed by atoms with van der Waals surface area (Å²) in [5.74, 6) is -0.396. The third-order valence-corrected chi connectivity index (χ3v) is 2.70. The highest BCUT2D eigenvalue weighted by Gasteiger charge is 2.13. The van der Waals surface area contributed by atoms with Crippen molar-refractivity contribution in [2.45, 2.75) is 26.4 Å². The van der Waals surface area contributed by atoms with Crippen LogP contribution in [0.2, 0.25) is 5.02 Å². The maximum Gasteiger partial charge on any atom is 0.146 e. The molecule has 16 heavy (non-hydrogen) atoms. The zero-order chi connectivity index (χ0) is 12.1. The smallest absolute Gasteiger partial charge is 0.146 e. The third kappa shape index (κ3) is 3.19. The molecule has 0 heterocycles. The molecule has 0 saturated carbocycles. The summed E-state index contributed by atoms with van der Waals surface area (Å²) in [6, 6.07) is 7.19. The van der Waals surface area contributed by atoms with Crippen LogP contribution in [0.1, 0.15) is 19.4 Å². The first-order valence-corrected chi connectivity index (χ1v) is 5.48. The lowest BCUT2D eigenvalue weighted by Gasteiger charge is -2.23. The average Bonchev–Trinajstić information content (AvgIpc) is 2.23. The molecule has 4 heteroatoms. The maximum absolute atomic E-state index is 13.6. The van der Waals surface area contributed by atoms with Gasteiger partial charge in [-0.15, -0.1) is 0 Å².